The number of carbonyl (C=O) groups excluding carboxylic acids is 1. The highest BCUT2D eigenvalue weighted by molar-refractivity contribution is 6.38. The molecule has 214 valence electrons. The van der Waals surface area contributed by atoms with Crippen LogP contribution in [0.25, 0.3) is 32.6 Å². The molecule has 1 saturated heterocycles. The largest absolute Gasteiger partial charge is 0.373 e. The van der Waals surface area contributed by atoms with Gasteiger partial charge in [0.1, 0.15) is 0 Å². The Morgan fingerprint density at radius 2 is 1.76 bits per heavy atom. The van der Waals surface area contributed by atoms with E-state index in [0.29, 0.717) is 68.1 Å². The average molecular weight is 620 g/mol. The van der Waals surface area contributed by atoms with Gasteiger partial charge in [-0.15, -0.1) is 0 Å². The van der Waals surface area contributed by atoms with E-state index < -0.39 is 5.56 Å². The number of nitrogens with zero attached hydrogens (tertiary/aromatic N) is 4. The van der Waals surface area contributed by atoms with Crippen molar-refractivity contribution in [3.63, 3.8) is 0 Å². The smallest absolute Gasteiger partial charge is 0.274 e. The van der Waals surface area contributed by atoms with E-state index in [1.807, 2.05) is 48.2 Å². The van der Waals surface area contributed by atoms with Crippen LogP contribution in [0.2, 0.25) is 15.1 Å². The number of fused-ring (bicyclic) bond motifs is 1. The molecule has 1 aliphatic heterocycles. The quantitative estimate of drug-likeness (QED) is 0.166. The lowest BCUT2D eigenvalue weighted by atomic mass is 9.98. The highest BCUT2D eigenvalue weighted by Gasteiger charge is 2.31. The Balaban J connectivity index is 1.87. The van der Waals surface area contributed by atoms with E-state index in [9.17, 15) is 9.59 Å². The van der Waals surface area contributed by atoms with E-state index >= 15 is 0 Å². The van der Waals surface area contributed by atoms with Crippen molar-refractivity contribution in [3.8, 4) is 16.8 Å². The minimum atomic E-state index is -0.423. The first-order valence-electron chi connectivity index (χ1n) is 13.6. The molecule has 0 spiro atoms. The van der Waals surface area contributed by atoms with Gasteiger partial charge in [0.25, 0.3) is 11.2 Å². The molecule has 0 saturated carbocycles. The third-order valence-corrected chi connectivity index (χ3v) is 8.61. The molecule has 2 heterocycles. The monoisotopic (exact) mass is 618 g/mol. The van der Waals surface area contributed by atoms with Gasteiger partial charge in [-0.1, -0.05) is 79.5 Å². The summed E-state index contributed by atoms with van der Waals surface area (Å²) in [4.78, 5) is 34.3. The van der Waals surface area contributed by atoms with Crippen molar-refractivity contribution in [2.24, 2.45) is 0 Å². The molecule has 42 heavy (non-hydrogen) atoms. The first-order valence-corrected chi connectivity index (χ1v) is 14.7. The highest BCUT2D eigenvalue weighted by atomic mass is 35.5. The molecule has 1 fully saturated rings. The third-order valence-electron chi connectivity index (χ3n) is 7.75. The number of aromatic nitrogens is 1. The Hall–Kier alpha value is -3.76. The fourth-order valence-electron chi connectivity index (χ4n) is 5.72. The Morgan fingerprint density at radius 1 is 1.05 bits per heavy atom. The van der Waals surface area contributed by atoms with Crippen molar-refractivity contribution in [2.45, 2.75) is 32.7 Å². The summed E-state index contributed by atoms with van der Waals surface area (Å²) < 4.78 is 1.62. The first kappa shape index (κ1) is 29.7. The molecule has 3 aromatic carbocycles. The maximum atomic E-state index is 14.4. The fraction of sp³-hybridized carbons (Fsp3) is 0.242. The molecule has 4 aromatic rings. The number of hydrogen-bond acceptors (Lipinski definition) is 3. The van der Waals surface area contributed by atoms with Crippen molar-refractivity contribution in [2.75, 3.05) is 24.5 Å². The van der Waals surface area contributed by atoms with Gasteiger partial charge in [-0.25, -0.2) is 4.85 Å². The number of benzene rings is 3. The lowest BCUT2D eigenvalue weighted by Gasteiger charge is -2.42. The normalized spacial score (nSPS) is 15.2. The predicted molar refractivity (Wildman–Crippen MR) is 174 cm³/mol. The Kier molecular flexibility index (Phi) is 8.39. The van der Waals surface area contributed by atoms with Crippen LogP contribution in [-0.4, -0.2) is 41.1 Å². The van der Waals surface area contributed by atoms with Gasteiger partial charge in [-0.2, -0.15) is 0 Å². The summed E-state index contributed by atoms with van der Waals surface area (Å²) in [5, 5.41) is 2.00. The van der Waals surface area contributed by atoms with Gasteiger partial charge in [-0.3, -0.25) is 14.2 Å². The second-order valence-corrected chi connectivity index (χ2v) is 11.9. The van der Waals surface area contributed by atoms with Crippen LogP contribution >= 0.6 is 34.8 Å². The van der Waals surface area contributed by atoms with Crippen molar-refractivity contribution in [3.05, 3.63) is 110 Å². The number of halogens is 3. The zero-order valence-electron chi connectivity index (χ0n) is 23.5. The van der Waals surface area contributed by atoms with Gasteiger partial charge in [-0.05, 0) is 54.8 Å². The summed E-state index contributed by atoms with van der Waals surface area (Å²) in [6.07, 6.45) is 1.30. The zero-order valence-corrected chi connectivity index (χ0v) is 25.8. The van der Waals surface area contributed by atoms with Gasteiger partial charge in [0, 0.05) is 57.3 Å². The van der Waals surface area contributed by atoms with Crippen LogP contribution in [-0.2, 0) is 4.79 Å². The van der Waals surface area contributed by atoms with E-state index in [1.54, 1.807) is 27.7 Å². The van der Waals surface area contributed by atoms with Crippen LogP contribution in [0.4, 0.5) is 11.4 Å². The summed E-state index contributed by atoms with van der Waals surface area (Å²) >= 11 is 19.7. The Labute approximate surface area is 260 Å². The van der Waals surface area contributed by atoms with E-state index in [2.05, 4.69) is 25.3 Å². The number of carbonyl (C=O) groups is 1. The molecule has 1 aromatic heterocycles. The molecular formula is C33H29Cl3N4O2. The number of hydrogen-bond donors (Lipinski definition) is 0. The number of amides is 1. The van der Waals surface area contributed by atoms with Gasteiger partial charge >= 0.3 is 0 Å². The number of piperazine rings is 1. The number of pyridine rings is 1. The van der Waals surface area contributed by atoms with E-state index in [1.165, 1.54) is 6.08 Å². The van der Waals surface area contributed by atoms with E-state index in [0.717, 1.165) is 5.56 Å². The maximum absolute atomic E-state index is 14.4. The molecule has 9 heteroatoms. The summed E-state index contributed by atoms with van der Waals surface area (Å²) in [6, 6.07) is 16.4. The van der Waals surface area contributed by atoms with Crippen molar-refractivity contribution >= 4 is 63.0 Å². The lowest BCUT2D eigenvalue weighted by molar-refractivity contribution is -0.126. The van der Waals surface area contributed by atoms with Crippen molar-refractivity contribution in [1.29, 1.82) is 0 Å². The molecule has 5 rings (SSSR count). The fourth-order valence-corrected chi connectivity index (χ4v) is 6.50. The van der Waals surface area contributed by atoms with Crippen molar-refractivity contribution in [1.82, 2.24) is 9.47 Å². The molecule has 1 amide bonds. The molecule has 0 radical (unpaired) electrons. The number of para-hydroxylation sites is 1. The molecule has 1 atom stereocenters. The van der Waals surface area contributed by atoms with Crippen LogP contribution < -0.4 is 10.5 Å². The third kappa shape index (κ3) is 5.18. The summed E-state index contributed by atoms with van der Waals surface area (Å²) in [6.45, 7) is 19.2. The van der Waals surface area contributed by atoms with E-state index in [4.69, 9.17) is 41.4 Å². The topological polar surface area (TPSA) is 49.9 Å². The van der Waals surface area contributed by atoms with Crippen LogP contribution in [0.1, 0.15) is 32.3 Å². The minimum absolute atomic E-state index is 0.00440. The molecule has 6 nitrogen and oxygen atoms in total. The van der Waals surface area contributed by atoms with Gasteiger partial charge in [0.2, 0.25) is 5.91 Å². The van der Waals surface area contributed by atoms with E-state index in [-0.39, 0.29) is 23.6 Å². The average Bonchev–Trinajstić information content (AvgIpc) is 2.96. The predicted octanol–water partition coefficient (Wildman–Crippen LogP) is 8.52. The summed E-state index contributed by atoms with van der Waals surface area (Å²) in [5.74, 6) is -0.0304. The number of rotatable bonds is 5. The molecular weight excluding hydrogens is 591 g/mol. The molecule has 0 bridgehead atoms. The second-order valence-electron chi connectivity index (χ2n) is 10.7. The van der Waals surface area contributed by atoms with Crippen LogP contribution in [0.3, 0.4) is 0 Å². The van der Waals surface area contributed by atoms with Crippen LogP contribution in [0.15, 0.2) is 72.0 Å². The Bertz CT molecular complexity index is 1840. The SMILES string of the molecule is [C-]#[N+]c1c(N2CCN(C(=O)C=C)C[C@@H]2C)c2cc(Cl)c(-c3ccc(Cl)cc3Cl)cc2n(-c2ccccc2C(C)C)c1=O. The summed E-state index contributed by atoms with van der Waals surface area (Å²) in [5.41, 5.74) is 3.66. The van der Waals surface area contributed by atoms with Crippen LogP contribution in [0.5, 0.6) is 0 Å². The molecule has 1 aliphatic rings. The molecule has 0 N–H and O–H groups in total. The first-order chi connectivity index (χ1) is 20.1. The minimum Gasteiger partial charge on any atom is -0.373 e. The Morgan fingerprint density at radius 3 is 2.40 bits per heavy atom. The summed E-state index contributed by atoms with van der Waals surface area (Å²) in [7, 11) is 0. The zero-order chi connectivity index (χ0) is 30.3. The van der Waals surface area contributed by atoms with Crippen molar-refractivity contribution < 1.29 is 4.79 Å². The standard InChI is InChI=1S/C33H29Cl3N4O2/c1-6-30(41)38-13-14-39(20(4)18-38)32-25-16-27(36)24(23-12-11-21(34)15-26(23)35)17-29(25)40(33(42)31(32)37-5)28-10-8-7-9-22(28)19(2)3/h6-12,15-17,19-20H,1,13-14,18H2,2-4H3/t20-/m0/s1. The van der Waals surface area contributed by atoms with Gasteiger partial charge in [0.15, 0.2) is 0 Å². The second kappa shape index (κ2) is 11.9. The van der Waals surface area contributed by atoms with Crippen LogP contribution in [0, 0.1) is 6.57 Å². The molecule has 0 unspecified atom stereocenters. The molecule has 0 aliphatic carbocycles. The van der Waals surface area contributed by atoms with Gasteiger partial charge in [0.05, 0.1) is 23.5 Å². The lowest BCUT2D eigenvalue weighted by Crippen LogP contribution is -2.53. The van der Waals surface area contributed by atoms with Gasteiger partial charge < -0.3 is 9.80 Å². The maximum Gasteiger partial charge on any atom is 0.274 e. The highest BCUT2D eigenvalue weighted by Crippen LogP contribution is 2.43. The number of anilines is 1.